The van der Waals surface area contributed by atoms with E-state index in [2.05, 4.69) is 0 Å². The van der Waals surface area contributed by atoms with Crippen LogP contribution in [0.25, 0.3) is 0 Å². The first-order chi connectivity index (χ1) is 8.50. The molecule has 0 amide bonds. The Morgan fingerprint density at radius 3 is 2.11 bits per heavy atom. The zero-order valence-electron chi connectivity index (χ0n) is 11.4. The number of halogens is 3. The molecule has 0 spiro atoms. The Morgan fingerprint density at radius 1 is 1.05 bits per heavy atom. The van der Waals surface area contributed by atoms with Crippen molar-refractivity contribution in [2.45, 2.75) is 50.9 Å². The van der Waals surface area contributed by atoms with Gasteiger partial charge in [0.1, 0.15) is 5.60 Å². The van der Waals surface area contributed by atoms with Crippen LogP contribution in [0.15, 0.2) is 12.1 Å². The van der Waals surface area contributed by atoms with Crippen molar-refractivity contribution in [2.75, 3.05) is 0 Å². The minimum Gasteiger partial charge on any atom is -0.382 e. The summed E-state index contributed by atoms with van der Waals surface area (Å²) in [5.74, 6) is -4.22. The van der Waals surface area contributed by atoms with Gasteiger partial charge in [0.25, 0.3) is 0 Å². The predicted octanol–water partition coefficient (Wildman–Crippen LogP) is 3.27. The fourth-order valence-electron chi connectivity index (χ4n) is 2.91. The second kappa shape index (κ2) is 3.96. The van der Waals surface area contributed by atoms with Crippen molar-refractivity contribution >= 4 is 0 Å². The second-order valence-corrected chi connectivity index (χ2v) is 6.13. The Kier molecular flexibility index (Phi) is 2.99. The Morgan fingerprint density at radius 2 is 1.63 bits per heavy atom. The van der Waals surface area contributed by atoms with Crippen LogP contribution in [-0.4, -0.2) is 16.3 Å². The van der Waals surface area contributed by atoms with Crippen molar-refractivity contribution in [3.05, 3.63) is 35.1 Å². The molecule has 1 aromatic carbocycles. The zero-order valence-corrected chi connectivity index (χ0v) is 11.4. The van der Waals surface area contributed by atoms with Crippen LogP contribution in [0.5, 0.6) is 0 Å². The molecule has 1 aliphatic heterocycles. The molecule has 2 nitrogen and oxygen atoms in total. The van der Waals surface area contributed by atoms with Crippen molar-refractivity contribution in [2.24, 2.45) is 0 Å². The fourth-order valence-corrected chi connectivity index (χ4v) is 2.91. The highest BCUT2D eigenvalue weighted by molar-refractivity contribution is 5.31. The number of hydrogen-bond acceptors (Lipinski definition) is 2. The minimum absolute atomic E-state index is 0.0923. The SMILES string of the molecule is CC1(C)CC(O)(c2ccc(F)c(F)c2F)C(C)(C)O1. The van der Waals surface area contributed by atoms with Crippen LogP contribution in [0.3, 0.4) is 0 Å². The summed E-state index contributed by atoms with van der Waals surface area (Å²) in [4.78, 5) is 0. The van der Waals surface area contributed by atoms with E-state index in [1.165, 1.54) is 0 Å². The van der Waals surface area contributed by atoms with Crippen LogP contribution in [0, 0.1) is 17.5 Å². The van der Waals surface area contributed by atoms with Crippen molar-refractivity contribution in [1.82, 2.24) is 0 Å². The smallest absolute Gasteiger partial charge is 0.194 e. The zero-order chi connectivity index (χ0) is 14.6. The lowest BCUT2D eigenvalue weighted by Gasteiger charge is -2.35. The maximum atomic E-state index is 13.9. The fraction of sp³-hybridized carbons (Fsp3) is 0.571. The molecule has 0 aliphatic carbocycles. The van der Waals surface area contributed by atoms with Crippen LogP contribution in [-0.2, 0) is 10.3 Å². The van der Waals surface area contributed by atoms with Crippen LogP contribution >= 0.6 is 0 Å². The summed E-state index contributed by atoms with van der Waals surface area (Å²) in [6.07, 6.45) is 0.0923. The lowest BCUT2D eigenvalue weighted by Crippen LogP contribution is -2.44. The average Bonchev–Trinajstić information content (AvgIpc) is 2.39. The van der Waals surface area contributed by atoms with Gasteiger partial charge < -0.3 is 9.84 Å². The Labute approximate surface area is 110 Å². The van der Waals surface area contributed by atoms with E-state index in [4.69, 9.17) is 4.74 Å². The van der Waals surface area contributed by atoms with E-state index >= 15 is 0 Å². The van der Waals surface area contributed by atoms with Gasteiger partial charge in [0.15, 0.2) is 17.5 Å². The maximum Gasteiger partial charge on any atom is 0.194 e. The summed E-state index contributed by atoms with van der Waals surface area (Å²) in [5.41, 5.74) is -3.78. The van der Waals surface area contributed by atoms with E-state index in [0.717, 1.165) is 12.1 Å². The first-order valence-electron chi connectivity index (χ1n) is 6.07. The number of rotatable bonds is 1. The van der Waals surface area contributed by atoms with E-state index in [1.54, 1.807) is 27.7 Å². The molecule has 5 heteroatoms. The van der Waals surface area contributed by atoms with Crippen molar-refractivity contribution < 1.29 is 23.0 Å². The molecule has 1 heterocycles. The molecule has 1 unspecified atom stereocenters. The quantitative estimate of drug-likeness (QED) is 0.796. The van der Waals surface area contributed by atoms with Crippen molar-refractivity contribution in [3.63, 3.8) is 0 Å². The van der Waals surface area contributed by atoms with Gasteiger partial charge in [-0.25, -0.2) is 13.2 Å². The van der Waals surface area contributed by atoms with Gasteiger partial charge in [-0.3, -0.25) is 0 Å². The molecular weight excluding hydrogens is 257 g/mol. The molecule has 1 fully saturated rings. The van der Waals surface area contributed by atoms with Gasteiger partial charge in [-0.2, -0.15) is 0 Å². The molecule has 19 heavy (non-hydrogen) atoms. The van der Waals surface area contributed by atoms with Gasteiger partial charge in [-0.1, -0.05) is 0 Å². The molecule has 1 saturated heterocycles. The van der Waals surface area contributed by atoms with Gasteiger partial charge in [-0.05, 0) is 39.8 Å². The summed E-state index contributed by atoms with van der Waals surface area (Å²) in [6, 6.07) is 1.88. The Bertz CT molecular complexity index is 526. The van der Waals surface area contributed by atoms with Gasteiger partial charge in [0.2, 0.25) is 0 Å². The molecule has 1 N–H and O–H groups in total. The predicted molar refractivity (Wildman–Crippen MR) is 64.1 cm³/mol. The maximum absolute atomic E-state index is 13.9. The van der Waals surface area contributed by atoms with Gasteiger partial charge in [0.05, 0.1) is 11.2 Å². The van der Waals surface area contributed by atoms with E-state index in [-0.39, 0.29) is 12.0 Å². The normalized spacial score (nSPS) is 28.6. The van der Waals surface area contributed by atoms with Crippen molar-refractivity contribution in [1.29, 1.82) is 0 Å². The first-order valence-corrected chi connectivity index (χ1v) is 6.07. The lowest BCUT2D eigenvalue weighted by molar-refractivity contribution is -0.131. The number of benzene rings is 1. The van der Waals surface area contributed by atoms with Crippen LogP contribution < -0.4 is 0 Å². The topological polar surface area (TPSA) is 29.5 Å². The highest BCUT2D eigenvalue weighted by atomic mass is 19.2. The standard InChI is InChI=1S/C14H17F3O2/c1-12(2)7-14(18,13(3,4)19-12)8-5-6-9(15)11(17)10(8)16/h5-6,18H,7H2,1-4H3. The third-order valence-corrected chi connectivity index (χ3v) is 3.69. The summed E-state index contributed by atoms with van der Waals surface area (Å²) in [7, 11) is 0. The van der Waals surface area contributed by atoms with Crippen LogP contribution in [0.4, 0.5) is 13.2 Å². The first kappa shape index (κ1) is 14.3. The van der Waals surface area contributed by atoms with Crippen molar-refractivity contribution in [3.8, 4) is 0 Å². The molecule has 0 radical (unpaired) electrons. The molecule has 0 aromatic heterocycles. The van der Waals surface area contributed by atoms with E-state index in [0.29, 0.717) is 0 Å². The minimum atomic E-state index is -1.71. The Hall–Kier alpha value is -1.07. The van der Waals surface area contributed by atoms with Crippen LogP contribution in [0.2, 0.25) is 0 Å². The third kappa shape index (κ3) is 2.05. The second-order valence-electron chi connectivity index (χ2n) is 6.13. The third-order valence-electron chi connectivity index (χ3n) is 3.69. The molecular formula is C14H17F3O2. The van der Waals surface area contributed by atoms with Gasteiger partial charge >= 0.3 is 0 Å². The molecule has 2 rings (SSSR count). The van der Waals surface area contributed by atoms with E-state index < -0.39 is 34.3 Å². The lowest BCUT2D eigenvalue weighted by atomic mass is 9.77. The van der Waals surface area contributed by atoms with Gasteiger partial charge in [-0.15, -0.1) is 0 Å². The summed E-state index contributed by atoms with van der Waals surface area (Å²) < 4.78 is 46.0. The number of hydrogen-bond donors (Lipinski definition) is 1. The monoisotopic (exact) mass is 274 g/mol. The molecule has 0 bridgehead atoms. The van der Waals surface area contributed by atoms with E-state index in [1.807, 2.05) is 0 Å². The molecule has 106 valence electrons. The van der Waals surface area contributed by atoms with E-state index in [9.17, 15) is 18.3 Å². The summed E-state index contributed by atoms with van der Waals surface area (Å²) in [5, 5.41) is 10.8. The molecule has 0 saturated carbocycles. The summed E-state index contributed by atoms with van der Waals surface area (Å²) in [6.45, 7) is 6.71. The Balaban J connectivity index is 2.61. The number of ether oxygens (including phenoxy) is 1. The molecule has 1 atom stereocenters. The van der Waals surface area contributed by atoms with Gasteiger partial charge in [0, 0.05) is 12.0 Å². The highest BCUT2D eigenvalue weighted by Gasteiger charge is 2.58. The molecule has 1 aliphatic rings. The average molecular weight is 274 g/mol. The molecule has 1 aromatic rings. The number of aliphatic hydroxyl groups is 1. The summed E-state index contributed by atoms with van der Waals surface area (Å²) >= 11 is 0. The largest absolute Gasteiger partial charge is 0.382 e. The highest BCUT2D eigenvalue weighted by Crippen LogP contribution is 2.51. The van der Waals surface area contributed by atoms with Crippen LogP contribution in [0.1, 0.15) is 39.7 Å².